The SMILES string of the molecule is Cc1c(C2CCN(C(=O)C3COCCN3)CC2)sc2[nH]c(-c3cn4ncnc4c4c3CCC4)c(C(C)C)c12. The number of carbonyl (C=O) groups excluding carboxylic acids is 1. The van der Waals surface area contributed by atoms with Gasteiger partial charge in [0.1, 0.15) is 17.2 Å². The van der Waals surface area contributed by atoms with Gasteiger partial charge in [-0.3, -0.25) is 4.79 Å². The minimum Gasteiger partial charge on any atom is -0.378 e. The van der Waals surface area contributed by atoms with E-state index in [0.29, 0.717) is 25.0 Å². The Bertz CT molecular complexity index is 1520. The Morgan fingerprint density at radius 3 is 2.79 bits per heavy atom. The van der Waals surface area contributed by atoms with Gasteiger partial charge in [-0.2, -0.15) is 5.10 Å². The summed E-state index contributed by atoms with van der Waals surface area (Å²) in [5, 5.41) is 9.21. The lowest BCUT2D eigenvalue weighted by atomic mass is 9.89. The van der Waals surface area contributed by atoms with Gasteiger partial charge in [-0.15, -0.1) is 11.3 Å². The second-order valence-corrected chi connectivity index (χ2v) is 12.5. The van der Waals surface area contributed by atoms with Gasteiger partial charge in [-0.05, 0) is 67.6 Å². The molecule has 3 aliphatic rings. The molecule has 1 atom stereocenters. The lowest BCUT2D eigenvalue weighted by Gasteiger charge is -2.35. The molecule has 200 valence electrons. The second kappa shape index (κ2) is 9.47. The van der Waals surface area contributed by atoms with Crippen LogP contribution in [0.1, 0.15) is 72.1 Å². The number of piperidine rings is 1. The summed E-state index contributed by atoms with van der Waals surface area (Å²) in [6, 6.07) is -0.188. The molecular formula is C29H36N6O2S. The summed E-state index contributed by atoms with van der Waals surface area (Å²) in [7, 11) is 0. The number of H-pyrrole nitrogens is 1. The third kappa shape index (κ3) is 3.81. The molecule has 7 rings (SSSR count). The Morgan fingerprint density at radius 1 is 1.21 bits per heavy atom. The highest BCUT2D eigenvalue weighted by Crippen LogP contribution is 2.47. The molecule has 0 saturated carbocycles. The van der Waals surface area contributed by atoms with Crippen LogP contribution in [0.5, 0.6) is 0 Å². The molecule has 4 aromatic heterocycles. The van der Waals surface area contributed by atoms with Gasteiger partial charge in [0.15, 0.2) is 5.65 Å². The first-order valence-electron chi connectivity index (χ1n) is 14.1. The first kappa shape index (κ1) is 24.3. The van der Waals surface area contributed by atoms with Crippen LogP contribution in [0, 0.1) is 6.92 Å². The maximum absolute atomic E-state index is 13.0. The van der Waals surface area contributed by atoms with Crippen LogP contribution in [0.4, 0.5) is 0 Å². The Balaban J connectivity index is 1.21. The maximum Gasteiger partial charge on any atom is 0.242 e. The number of thiophene rings is 1. The predicted molar refractivity (Wildman–Crippen MR) is 150 cm³/mol. The number of likely N-dealkylation sites (tertiary alicyclic amines) is 1. The highest BCUT2D eigenvalue weighted by Gasteiger charge is 2.33. The molecule has 0 spiro atoms. The molecule has 1 unspecified atom stereocenters. The summed E-state index contributed by atoms with van der Waals surface area (Å²) in [6.45, 7) is 10.5. The van der Waals surface area contributed by atoms with E-state index in [1.807, 2.05) is 20.8 Å². The number of hydrogen-bond donors (Lipinski definition) is 2. The fourth-order valence-electron chi connectivity index (χ4n) is 7.00. The first-order valence-corrected chi connectivity index (χ1v) is 14.9. The third-order valence-corrected chi connectivity index (χ3v) is 10.2. The monoisotopic (exact) mass is 532 g/mol. The van der Waals surface area contributed by atoms with Crippen LogP contribution >= 0.6 is 11.3 Å². The Morgan fingerprint density at radius 2 is 2.03 bits per heavy atom. The molecule has 1 amide bonds. The predicted octanol–water partition coefficient (Wildman–Crippen LogP) is 4.55. The molecule has 38 heavy (non-hydrogen) atoms. The number of aromatic amines is 1. The zero-order valence-corrected chi connectivity index (χ0v) is 23.3. The van der Waals surface area contributed by atoms with Crippen molar-refractivity contribution in [1.82, 2.24) is 29.8 Å². The fraction of sp³-hybridized carbons (Fsp3) is 0.552. The molecule has 0 bridgehead atoms. The van der Waals surface area contributed by atoms with Gasteiger partial charge in [0.05, 0.1) is 18.9 Å². The highest BCUT2D eigenvalue weighted by molar-refractivity contribution is 7.19. The molecule has 2 aliphatic heterocycles. The van der Waals surface area contributed by atoms with E-state index in [0.717, 1.165) is 51.0 Å². The van der Waals surface area contributed by atoms with E-state index in [4.69, 9.17) is 4.74 Å². The smallest absolute Gasteiger partial charge is 0.242 e. The van der Waals surface area contributed by atoms with Gasteiger partial charge < -0.3 is 19.9 Å². The van der Waals surface area contributed by atoms with E-state index in [1.165, 1.54) is 55.0 Å². The van der Waals surface area contributed by atoms with Crippen molar-refractivity contribution in [3.05, 3.63) is 39.7 Å². The highest BCUT2D eigenvalue weighted by atomic mass is 32.1. The summed E-state index contributed by atoms with van der Waals surface area (Å²) < 4.78 is 7.48. The van der Waals surface area contributed by atoms with Crippen molar-refractivity contribution in [2.75, 3.05) is 32.8 Å². The lowest BCUT2D eigenvalue weighted by Crippen LogP contribution is -2.53. The van der Waals surface area contributed by atoms with Crippen LogP contribution in [0.2, 0.25) is 0 Å². The van der Waals surface area contributed by atoms with E-state index in [1.54, 1.807) is 6.33 Å². The Kier molecular flexibility index (Phi) is 6.05. The minimum absolute atomic E-state index is 0.188. The number of rotatable bonds is 4. The number of nitrogens with one attached hydrogen (secondary N) is 2. The van der Waals surface area contributed by atoms with Crippen LogP contribution in [0.3, 0.4) is 0 Å². The zero-order valence-electron chi connectivity index (χ0n) is 22.5. The molecule has 1 aliphatic carbocycles. The van der Waals surface area contributed by atoms with Crippen LogP contribution in [-0.2, 0) is 22.4 Å². The summed E-state index contributed by atoms with van der Waals surface area (Å²) in [6.07, 6.45) is 9.24. The largest absolute Gasteiger partial charge is 0.378 e. The maximum atomic E-state index is 13.0. The number of aryl methyl sites for hydroxylation is 2. The van der Waals surface area contributed by atoms with E-state index in [9.17, 15) is 4.79 Å². The number of nitrogens with zero attached hydrogens (tertiary/aromatic N) is 4. The first-order chi connectivity index (χ1) is 18.5. The van der Waals surface area contributed by atoms with Crippen LogP contribution in [0.15, 0.2) is 12.5 Å². The number of ether oxygens (including phenoxy) is 1. The average molecular weight is 533 g/mol. The van der Waals surface area contributed by atoms with Crippen molar-refractivity contribution in [3.63, 3.8) is 0 Å². The fourth-order valence-corrected chi connectivity index (χ4v) is 8.39. The van der Waals surface area contributed by atoms with Crippen molar-refractivity contribution >= 4 is 33.1 Å². The van der Waals surface area contributed by atoms with Crippen LogP contribution in [0.25, 0.3) is 27.1 Å². The lowest BCUT2D eigenvalue weighted by molar-refractivity contribution is -0.137. The quantitative estimate of drug-likeness (QED) is 0.403. The number of morpholine rings is 1. The third-order valence-electron chi connectivity index (χ3n) is 8.84. The summed E-state index contributed by atoms with van der Waals surface area (Å²) in [5.74, 6) is 1.09. The van der Waals surface area contributed by atoms with E-state index < -0.39 is 0 Å². The molecule has 4 aromatic rings. The average Bonchev–Trinajstić information content (AvgIpc) is 3.72. The van der Waals surface area contributed by atoms with Crippen molar-refractivity contribution in [3.8, 4) is 11.3 Å². The van der Waals surface area contributed by atoms with E-state index in [-0.39, 0.29) is 11.9 Å². The minimum atomic E-state index is -0.188. The zero-order chi connectivity index (χ0) is 26.0. The molecule has 0 aromatic carbocycles. The van der Waals surface area contributed by atoms with Crippen LogP contribution < -0.4 is 5.32 Å². The van der Waals surface area contributed by atoms with Crippen molar-refractivity contribution in [1.29, 1.82) is 0 Å². The Labute approximate surface area is 226 Å². The Hall–Kier alpha value is -2.75. The number of fused-ring (bicyclic) bond motifs is 4. The molecule has 2 fully saturated rings. The van der Waals surface area contributed by atoms with Gasteiger partial charge in [0.2, 0.25) is 5.91 Å². The number of amides is 1. The molecular weight excluding hydrogens is 496 g/mol. The van der Waals surface area contributed by atoms with E-state index in [2.05, 4.69) is 47.4 Å². The van der Waals surface area contributed by atoms with Gasteiger partial charge in [0, 0.05) is 47.2 Å². The summed E-state index contributed by atoms with van der Waals surface area (Å²) >= 11 is 1.93. The van der Waals surface area contributed by atoms with Gasteiger partial charge in [0.25, 0.3) is 0 Å². The van der Waals surface area contributed by atoms with Crippen molar-refractivity contribution in [2.24, 2.45) is 0 Å². The van der Waals surface area contributed by atoms with Crippen LogP contribution in [-0.4, -0.2) is 69.3 Å². The molecule has 2 N–H and O–H groups in total. The second-order valence-electron chi connectivity index (χ2n) is 11.4. The number of aromatic nitrogens is 4. The standard InChI is InChI=1S/C29H36N6O2S/c1-16(2)23-24-17(3)26(18-7-10-34(11-8-18)29(36)22-14-37-12-9-30-22)38-28(24)33-25(23)21-13-35-27(31-15-32-35)20-6-4-5-19(20)21/h13,15-16,18,22,30,33H,4-12,14H2,1-3H3. The van der Waals surface area contributed by atoms with Crippen molar-refractivity contribution in [2.45, 2.75) is 70.8 Å². The normalized spacial score (nSPS) is 20.7. The topological polar surface area (TPSA) is 87.5 Å². The summed E-state index contributed by atoms with van der Waals surface area (Å²) in [5.41, 5.74) is 9.20. The number of carbonyl (C=O) groups is 1. The molecule has 0 radical (unpaired) electrons. The molecule has 8 nitrogen and oxygen atoms in total. The summed E-state index contributed by atoms with van der Waals surface area (Å²) in [4.78, 5) is 26.2. The van der Waals surface area contributed by atoms with Gasteiger partial charge in [-0.25, -0.2) is 9.50 Å². The van der Waals surface area contributed by atoms with E-state index >= 15 is 0 Å². The van der Waals surface area contributed by atoms with Gasteiger partial charge in [-0.1, -0.05) is 13.8 Å². The number of pyridine rings is 1. The molecule has 6 heterocycles. The molecule has 2 saturated heterocycles. The van der Waals surface area contributed by atoms with Crippen molar-refractivity contribution < 1.29 is 9.53 Å². The van der Waals surface area contributed by atoms with Gasteiger partial charge >= 0.3 is 0 Å². The number of hydrogen-bond acceptors (Lipinski definition) is 6. The molecule has 9 heteroatoms.